The van der Waals surface area contributed by atoms with Crippen LogP contribution in [0.15, 0.2) is 29.2 Å². The third-order valence-corrected chi connectivity index (χ3v) is 2.45. The molecule has 5 nitrogen and oxygen atoms in total. The minimum Gasteiger partial charge on any atom is -0.399 e. The van der Waals surface area contributed by atoms with Gasteiger partial charge in [0.05, 0.1) is 12.0 Å². The quantitative estimate of drug-likeness (QED) is 0.440. The van der Waals surface area contributed by atoms with Crippen LogP contribution >= 0.6 is 0 Å². The number of benzene rings is 1. The monoisotopic (exact) mass is 203 g/mol. The highest BCUT2D eigenvalue weighted by Gasteiger charge is 2.15. The van der Waals surface area contributed by atoms with Gasteiger partial charge in [-0.15, -0.1) is 4.33 Å². The maximum Gasteiger partial charge on any atom is 0.323 e. The summed E-state index contributed by atoms with van der Waals surface area (Å²) in [4.78, 5) is 4.04. The Morgan fingerprint density at radius 1 is 1.38 bits per heavy atom. The Bertz CT molecular complexity index is 387. The van der Waals surface area contributed by atoms with Gasteiger partial charge in [0.2, 0.25) is 0 Å². The second kappa shape index (κ2) is 3.73. The number of anilines is 1. The van der Waals surface area contributed by atoms with Crippen LogP contribution in [0.1, 0.15) is 0 Å². The summed E-state index contributed by atoms with van der Waals surface area (Å²) in [6, 6.07) is 5.74. The summed E-state index contributed by atoms with van der Waals surface area (Å²) in [5.41, 5.74) is 5.74. The Morgan fingerprint density at radius 2 is 2.08 bits per heavy atom. The fourth-order valence-electron chi connectivity index (χ4n) is 0.799. The molecule has 0 unspecified atom stereocenters. The predicted molar refractivity (Wildman–Crippen MR) is 46.1 cm³/mol. The smallest absolute Gasteiger partial charge is 0.323 e. The lowest BCUT2D eigenvalue weighted by Gasteiger charge is -2.01. The molecule has 0 fully saturated rings. The largest absolute Gasteiger partial charge is 0.399 e. The van der Waals surface area contributed by atoms with E-state index in [1.54, 1.807) is 6.07 Å². The molecule has 0 atom stereocenters. The van der Waals surface area contributed by atoms with E-state index in [1.165, 1.54) is 18.2 Å². The standard InChI is InChI=1S/C7H9NO4S/c1-11-12-13(9,10)7-4-2-3-6(8)5-7/h2-5H,8H2,1H3. The molecule has 72 valence electrons. The zero-order chi connectivity index (χ0) is 9.90. The van der Waals surface area contributed by atoms with Crippen molar-refractivity contribution in [2.24, 2.45) is 0 Å². The highest BCUT2D eigenvalue weighted by molar-refractivity contribution is 7.86. The lowest BCUT2D eigenvalue weighted by Crippen LogP contribution is -2.05. The van der Waals surface area contributed by atoms with Gasteiger partial charge in [0, 0.05) is 5.69 Å². The molecule has 6 heteroatoms. The highest BCUT2D eigenvalue weighted by atomic mass is 32.2. The minimum absolute atomic E-state index is 0.0330. The van der Waals surface area contributed by atoms with Gasteiger partial charge in [-0.1, -0.05) is 6.07 Å². The number of nitrogen functional groups attached to an aromatic ring is 1. The van der Waals surface area contributed by atoms with Gasteiger partial charge in [-0.25, -0.2) is 4.89 Å². The van der Waals surface area contributed by atoms with Crippen molar-refractivity contribution < 1.29 is 17.6 Å². The fourth-order valence-corrected chi connectivity index (χ4v) is 1.58. The summed E-state index contributed by atoms with van der Waals surface area (Å²) in [5, 5.41) is 0. The highest BCUT2D eigenvalue weighted by Crippen LogP contribution is 2.14. The first-order valence-corrected chi connectivity index (χ1v) is 4.80. The molecule has 0 amide bonds. The molecule has 0 aliphatic rings. The Kier molecular flexibility index (Phi) is 2.86. The third kappa shape index (κ3) is 2.41. The van der Waals surface area contributed by atoms with Gasteiger partial charge in [0.1, 0.15) is 0 Å². The van der Waals surface area contributed by atoms with Gasteiger partial charge in [-0.2, -0.15) is 8.42 Å². The molecule has 0 heterocycles. The van der Waals surface area contributed by atoms with Crippen molar-refractivity contribution in [1.29, 1.82) is 0 Å². The number of hydrogen-bond donors (Lipinski definition) is 1. The maximum absolute atomic E-state index is 11.2. The van der Waals surface area contributed by atoms with Gasteiger partial charge in [0.25, 0.3) is 0 Å². The lowest BCUT2D eigenvalue weighted by atomic mass is 10.3. The molecule has 1 rings (SSSR count). The lowest BCUT2D eigenvalue weighted by molar-refractivity contribution is -0.172. The van der Waals surface area contributed by atoms with Gasteiger partial charge in [-0.05, 0) is 18.2 Å². The summed E-state index contributed by atoms with van der Waals surface area (Å²) in [6.07, 6.45) is 0. The Hall–Kier alpha value is -1.11. The SMILES string of the molecule is COOS(=O)(=O)c1cccc(N)c1. The number of rotatable bonds is 3. The zero-order valence-electron chi connectivity index (χ0n) is 6.93. The second-order valence-electron chi connectivity index (χ2n) is 2.26. The van der Waals surface area contributed by atoms with Crippen LogP contribution in [-0.4, -0.2) is 15.5 Å². The van der Waals surface area contributed by atoms with Crippen LogP contribution < -0.4 is 5.73 Å². The first-order valence-electron chi connectivity index (χ1n) is 3.39. The number of hydrogen-bond acceptors (Lipinski definition) is 5. The minimum atomic E-state index is -3.84. The van der Waals surface area contributed by atoms with E-state index in [2.05, 4.69) is 9.22 Å². The average molecular weight is 203 g/mol. The van der Waals surface area contributed by atoms with Crippen LogP contribution in [0, 0.1) is 0 Å². The molecule has 0 spiro atoms. The molecule has 0 aliphatic heterocycles. The van der Waals surface area contributed by atoms with Gasteiger partial charge in [0.15, 0.2) is 0 Å². The summed E-state index contributed by atoms with van der Waals surface area (Å²) in [5.74, 6) is 0. The Balaban J connectivity index is 3.08. The predicted octanol–water partition coefficient (Wildman–Crippen LogP) is 0.536. The third-order valence-electron chi connectivity index (χ3n) is 1.30. The van der Waals surface area contributed by atoms with Crippen LogP contribution in [-0.2, 0) is 19.3 Å². The summed E-state index contributed by atoms with van der Waals surface area (Å²) < 4.78 is 26.5. The molecule has 0 saturated carbocycles. The average Bonchev–Trinajstić information content (AvgIpc) is 2.04. The molecule has 0 aromatic heterocycles. The van der Waals surface area contributed by atoms with Crippen LogP contribution in [0.5, 0.6) is 0 Å². The van der Waals surface area contributed by atoms with Crippen molar-refractivity contribution >= 4 is 15.8 Å². The Labute approximate surface area is 76.1 Å². The van der Waals surface area contributed by atoms with E-state index < -0.39 is 10.1 Å². The topological polar surface area (TPSA) is 78.6 Å². The van der Waals surface area contributed by atoms with E-state index in [1.807, 2.05) is 0 Å². The summed E-state index contributed by atoms with van der Waals surface area (Å²) >= 11 is 0. The van der Waals surface area contributed by atoms with Crippen LogP contribution in [0.3, 0.4) is 0 Å². The molecule has 0 bridgehead atoms. The van der Waals surface area contributed by atoms with Crippen LogP contribution in [0.2, 0.25) is 0 Å². The fraction of sp³-hybridized carbons (Fsp3) is 0.143. The molecular weight excluding hydrogens is 194 g/mol. The molecule has 1 aromatic rings. The normalized spacial score (nSPS) is 11.5. The van der Waals surface area contributed by atoms with Gasteiger partial charge < -0.3 is 5.73 Å². The van der Waals surface area contributed by atoms with E-state index in [4.69, 9.17) is 5.73 Å². The van der Waals surface area contributed by atoms with Crippen molar-refractivity contribution in [2.75, 3.05) is 12.8 Å². The van der Waals surface area contributed by atoms with E-state index in [-0.39, 0.29) is 4.90 Å². The van der Waals surface area contributed by atoms with Gasteiger partial charge >= 0.3 is 10.1 Å². The molecule has 13 heavy (non-hydrogen) atoms. The van der Waals surface area contributed by atoms with Crippen molar-refractivity contribution in [1.82, 2.24) is 0 Å². The molecule has 1 aromatic carbocycles. The zero-order valence-corrected chi connectivity index (χ0v) is 7.74. The van der Waals surface area contributed by atoms with Crippen molar-refractivity contribution in [3.63, 3.8) is 0 Å². The first kappa shape index (κ1) is 9.97. The first-order chi connectivity index (χ1) is 6.06. The van der Waals surface area contributed by atoms with E-state index in [9.17, 15) is 8.42 Å². The summed E-state index contributed by atoms with van der Waals surface area (Å²) in [7, 11) is -2.72. The van der Waals surface area contributed by atoms with E-state index in [0.717, 1.165) is 7.11 Å². The molecular formula is C7H9NO4S. The molecule has 0 aliphatic carbocycles. The maximum atomic E-state index is 11.2. The van der Waals surface area contributed by atoms with Crippen molar-refractivity contribution in [3.05, 3.63) is 24.3 Å². The molecule has 2 N–H and O–H groups in total. The number of nitrogens with two attached hydrogens (primary N) is 1. The van der Waals surface area contributed by atoms with E-state index >= 15 is 0 Å². The van der Waals surface area contributed by atoms with Gasteiger partial charge in [-0.3, -0.25) is 0 Å². The van der Waals surface area contributed by atoms with E-state index in [0.29, 0.717) is 5.69 Å². The van der Waals surface area contributed by atoms with Crippen molar-refractivity contribution in [3.8, 4) is 0 Å². The van der Waals surface area contributed by atoms with Crippen LogP contribution in [0.4, 0.5) is 5.69 Å². The Morgan fingerprint density at radius 3 is 2.62 bits per heavy atom. The van der Waals surface area contributed by atoms with Crippen molar-refractivity contribution in [2.45, 2.75) is 4.90 Å². The second-order valence-corrected chi connectivity index (χ2v) is 3.78. The molecule has 0 radical (unpaired) electrons. The summed E-state index contributed by atoms with van der Waals surface area (Å²) in [6.45, 7) is 0. The molecule has 0 saturated heterocycles. The van der Waals surface area contributed by atoms with Crippen LogP contribution in [0.25, 0.3) is 0 Å².